The molecule has 2 aromatic rings. The largest absolute Gasteiger partial charge is 0.320 e. The predicted octanol–water partition coefficient (Wildman–Crippen LogP) is 1.10. The number of hydrogen-bond donors (Lipinski definition) is 0. The molecular formula is C13H14N2O2. The first-order valence-corrected chi connectivity index (χ1v) is 5.51. The molecule has 1 heterocycles. The highest BCUT2D eigenvalue weighted by molar-refractivity contribution is 5.40. The van der Waals surface area contributed by atoms with Gasteiger partial charge in [0.15, 0.2) is 0 Å². The first-order chi connectivity index (χ1) is 8.15. The summed E-state index contributed by atoms with van der Waals surface area (Å²) < 4.78 is 2.69. The normalized spacial score (nSPS) is 10.5. The molecule has 0 unspecified atom stereocenters. The van der Waals surface area contributed by atoms with Gasteiger partial charge in [-0.15, -0.1) is 0 Å². The van der Waals surface area contributed by atoms with Crippen LogP contribution in [0.5, 0.6) is 0 Å². The van der Waals surface area contributed by atoms with E-state index < -0.39 is 11.1 Å². The second-order valence-electron chi connectivity index (χ2n) is 3.87. The van der Waals surface area contributed by atoms with Crippen LogP contribution in [0.1, 0.15) is 12.5 Å². The van der Waals surface area contributed by atoms with Crippen LogP contribution in [0, 0.1) is 0 Å². The lowest BCUT2D eigenvalue weighted by atomic mass is 10.1. The average molecular weight is 230 g/mol. The van der Waals surface area contributed by atoms with E-state index in [1.54, 1.807) is 19.4 Å². The van der Waals surface area contributed by atoms with Crippen molar-refractivity contribution >= 4 is 0 Å². The highest BCUT2D eigenvalue weighted by Gasteiger charge is 2.07. The molecule has 1 aromatic carbocycles. The Balaban J connectivity index is 2.74. The lowest BCUT2D eigenvalue weighted by molar-refractivity contribution is 0.783. The molecule has 0 spiro atoms. The Labute approximate surface area is 98.8 Å². The SMILES string of the molecule is CCc1ccccc1-n1ccn(C)c(=O)c1=O. The molecule has 17 heavy (non-hydrogen) atoms. The van der Waals surface area contributed by atoms with Gasteiger partial charge >= 0.3 is 11.1 Å². The van der Waals surface area contributed by atoms with Crippen molar-refractivity contribution in [2.24, 2.45) is 7.05 Å². The smallest absolute Gasteiger partial charge is 0.312 e. The van der Waals surface area contributed by atoms with Crippen molar-refractivity contribution in [3.8, 4) is 5.69 Å². The Hall–Kier alpha value is -2.10. The molecule has 0 N–H and O–H groups in total. The molecule has 0 aliphatic carbocycles. The van der Waals surface area contributed by atoms with Gasteiger partial charge in [-0.3, -0.25) is 14.2 Å². The van der Waals surface area contributed by atoms with Crippen molar-refractivity contribution in [3.63, 3.8) is 0 Å². The lowest BCUT2D eigenvalue weighted by Crippen LogP contribution is -2.39. The second-order valence-corrected chi connectivity index (χ2v) is 3.87. The molecule has 0 aliphatic rings. The zero-order valence-corrected chi connectivity index (χ0v) is 9.88. The van der Waals surface area contributed by atoms with Crippen molar-refractivity contribution < 1.29 is 0 Å². The molecule has 0 atom stereocenters. The molecule has 0 amide bonds. The van der Waals surface area contributed by atoms with Gasteiger partial charge in [0.25, 0.3) is 0 Å². The number of nitrogens with zero attached hydrogens (tertiary/aromatic N) is 2. The fraction of sp³-hybridized carbons (Fsp3) is 0.231. The van der Waals surface area contributed by atoms with Gasteiger partial charge in [-0.25, -0.2) is 0 Å². The molecule has 0 fully saturated rings. The first kappa shape index (κ1) is 11.4. The third kappa shape index (κ3) is 1.93. The summed E-state index contributed by atoms with van der Waals surface area (Å²) in [5.74, 6) is 0. The van der Waals surface area contributed by atoms with Crippen molar-refractivity contribution in [2.45, 2.75) is 13.3 Å². The van der Waals surface area contributed by atoms with Crippen LogP contribution in [0.4, 0.5) is 0 Å². The van der Waals surface area contributed by atoms with Gasteiger partial charge in [0.05, 0.1) is 5.69 Å². The predicted molar refractivity (Wildman–Crippen MR) is 66.7 cm³/mol. The van der Waals surface area contributed by atoms with E-state index in [1.807, 2.05) is 31.2 Å². The number of aryl methyl sites for hydroxylation is 2. The Kier molecular flexibility index (Phi) is 2.95. The maximum atomic E-state index is 11.9. The van der Waals surface area contributed by atoms with E-state index in [0.717, 1.165) is 17.7 Å². The third-order valence-electron chi connectivity index (χ3n) is 2.79. The average Bonchev–Trinajstić information content (AvgIpc) is 2.36. The monoisotopic (exact) mass is 230 g/mol. The van der Waals surface area contributed by atoms with E-state index in [9.17, 15) is 9.59 Å². The molecular weight excluding hydrogens is 216 g/mol. The van der Waals surface area contributed by atoms with Crippen molar-refractivity contribution in [3.05, 3.63) is 62.9 Å². The lowest BCUT2D eigenvalue weighted by Gasteiger charge is -2.10. The minimum Gasteiger partial charge on any atom is -0.312 e. The standard InChI is InChI=1S/C13H14N2O2/c1-3-10-6-4-5-7-11(10)15-9-8-14(2)12(16)13(15)17/h4-9H,3H2,1-2H3. The molecule has 2 rings (SSSR count). The number of hydrogen-bond acceptors (Lipinski definition) is 2. The fourth-order valence-electron chi connectivity index (χ4n) is 1.79. The summed E-state index contributed by atoms with van der Waals surface area (Å²) >= 11 is 0. The first-order valence-electron chi connectivity index (χ1n) is 5.51. The number of aromatic nitrogens is 2. The summed E-state index contributed by atoms with van der Waals surface area (Å²) in [4.78, 5) is 23.5. The Morgan fingerprint density at radius 3 is 2.47 bits per heavy atom. The molecule has 88 valence electrons. The van der Waals surface area contributed by atoms with Crippen LogP contribution >= 0.6 is 0 Å². The highest BCUT2D eigenvalue weighted by Crippen LogP contribution is 2.12. The quantitative estimate of drug-likeness (QED) is 0.725. The topological polar surface area (TPSA) is 44.0 Å². The molecule has 0 bridgehead atoms. The molecule has 4 nitrogen and oxygen atoms in total. The molecule has 0 aliphatic heterocycles. The number of benzene rings is 1. The summed E-state index contributed by atoms with van der Waals surface area (Å²) in [5.41, 5.74) is 0.787. The summed E-state index contributed by atoms with van der Waals surface area (Å²) in [6.45, 7) is 2.02. The molecule has 1 aromatic heterocycles. The van der Waals surface area contributed by atoms with Crippen molar-refractivity contribution in [1.29, 1.82) is 0 Å². The van der Waals surface area contributed by atoms with Gasteiger partial charge in [0.2, 0.25) is 0 Å². The maximum absolute atomic E-state index is 11.9. The van der Waals surface area contributed by atoms with Gasteiger partial charge in [-0.05, 0) is 18.1 Å². The summed E-state index contributed by atoms with van der Waals surface area (Å²) in [6.07, 6.45) is 4.03. The van der Waals surface area contributed by atoms with Crippen LogP contribution in [0.25, 0.3) is 5.69 Å². The van der Waals surface area contributed by atoms with E-state index in [0.29, 0.717) is 0 Å². The van der Waals surface area contributed by atoms with Crippen LogP contribution in [0.15, 0.2) is 46.2 Å². The Morgan fingerprint density at radius 2 is 1.76 bits per heavy atom. The van der Waals surface area contributed by atoms with E-state index in [4.69, 9.17) is 0 Å². The van der Waals surface area contributed by atoms with E-state index in [1.165, 1.54) is 9.13 Å². The fourth-order valence-corrected chi connectivity index (χ4v) is 1.79. The number of para-hydroxylation sites is 1. The van der Waals surface area contributed by atoms with Gasteiger partial charge in [0.1, 0.15) is 0 Å². The van der Waals surface area contributed by atoms with Gasteiger partial charge in [-0.2, -0.15) is 0 Å². The summed E-state index contributed by atoms with van der Waals surface area (Å²) in [6, 6.07) is 7.59. The van der Waals surface area contributed by atoms with Crippen LogP contribution in [0.3, 0.4) is 0 Å². The van der Waals surface area contributed by atoms with Crippen molar-refractivity contribution in [1.82, 2.24) is 9.13 Å². The Bertz CT molecular complexity index is 653. The van der Waals surface area contributed by atoms with E-state index >= 15 is 0 Å². The highest BCUT2D eigenvalue weighted by atomic mass is 16.2. The minimum absolute atomic E-state index is 0.515. The minimum atomic E-state index is -0.518. The van der Waals surface area contributed by atoms with Gasteiger partial charge in [0, 0.05) is 19.4 Å². The second kappa shape index (κ2) is 4.41. The zero-order valence-electron chi connectivity index (χ0n) is 9.88. The van der Waals surface area contributed by atoms with Gasteiger partial charge < -0.3 is 4.57 Å². The van der Waals surface area contributed by atoms with Crippen LogP contribution < -0.4 is 11.1 Å². The van der Waals surface area contributed by atoms with Crippen LogP contribution in [0.2, 0.25) is 0 Å². The Morgan fingerprint density at radius 1 is 1.06 bits per heavy atom. The third-order valence-corrected chi connectivity index (χ3v) is 2.79. The van der Waals surface area contributed by atoms with E-state index in [2.05, 4.69) is 0 Å². The van der Waals surface area contributed by atoms with Crippen LogP contribution in [-0.2, 0) is 13.5 Å². The summed E-state index contributed by atoms with van der Waals surface area (Å²) in [7, 11) is 1.57. The van der Waals surface area contributed by atoms with Crippen LogP contribution in [-0.4, -0.2) is 9.13 Å². The summed E-state index contributed by atoms with van der Waals surface area (Å²) in [5, 5.41) is 0. The molecule has 0 radical (unpaired) electrons. The van der Waals surface area contributed by atoms with Gasteiger partial charge in [-0.1, -0.05) is 25.1 Å². The zero-order chi connectivity index (χ0) is 12.4. The number of rotatable bonds is 2. The van der Waals surface area contributed by atoms with E-state index in [-0.39, 0.29) is 0 Å². The van der Waals surface area contributed by atoms with Crippen molar-refractivity contribution in [2.75, 3.05) is 0 Å². The molecule has 0 saturated carbocycles. The molecule has 4 heteroatoms. The maximum Gasteiger partial charge on any atom is 0.320 e. The molecule has 0 saturated heterocycles.